The van der Waals surface area contributed by atoms with Gasteiger partial charge in [-0.1, -0.05) is 34.1 Å². The number of phenolic OH excluding ortho intramolecular Hbond substituents is 1. The van der Waals surface area contributed by atoms with E-state index in [1.54, 1.807) is 24.3 Å². The number of hydrogen-bond donors (Lipinski definition) is 3. The van der Waals surface area contributed by atoms with Gasteiger partial charge in [0.2, 0.25) is 0 Å². The van der Waals surface area contributed by atoms with E-state index in [9.17, 15) is 18.3 Å². The quantitative estimate of drug-likeness (QED) is 0.531. The van der Waals surface area contributed by atoms with Crippen LogP contribution in [0.3, 0.4) is 0 Å². The molecule has 1 saturated heterocycles. The summed E-state index contributed by atoms with van der Waals surface area (Å²) in [4.78, 5) is 22.4. The highest BCUT2D eigenvalue weighted by Gasteiger charge is 2.33. The molecule has 0 radical (unpaired) electrons. The Morgan fingerprint density at radius 3 is 1.88 bits per heavy atom. The van der Waals surface area contributed by atoms with Crippen molar-refractivity contribution in [3.63, 3.8) is 0 Å². The Kier molecular flexibility index (Phi) is 9.05. The number of benzene rings is 2. The molecule has 3 N–H and O–H groups in total. The van der Waals surface area contributed by atoms with Crippen molar-refractivity contribution < 1.29 is 38.1 Å². The molecule has 7 nitrogen and oxygen atoms in total. The SMILES string of the molecule is O=C(O)C(=O)O.Oc1ccc(Br)cc1CN1CCN(Cc2ccccc2C(F)(F)F)CC1. The number of piperazine rings is 1. The first kappa shape index (κ1) is 25.6. The van der Waals surface area contributed by atoms with Gasteiger partial charge in [-0.15, -0.1) is 0 Å². The topological polar surface area (TPSA) is 101 Å². The molecule has 0 bridgehead atoms. The van der Waals surface area contributed by atoms with Crippen LogP contribution in [0.1, 0.15) is 16.7 Å². The minimum atomic E-state index is -4.32. The normalized spacial score (nSPS) is 15.0. The number of hydrogen-bond acceptors (Lipinski definition) is 5. The summed E-state index contributed by atoms with van der Waals surface area (Å²) in [6.45, 7) is 3.81. The first-order valence-electron chi connectivity index (χ1n) is 9.50. The van der Waals surface area contributed by atoms with E-state index >= 15 is 0 Å². The maximum Gasteiger partial charge on any atom is 0.416 e. The standard InChI is InChI=1S/C19H20BrF3N2O.C2H2O4/c20-16-5-6-18(26)15(11-16)13-25-9-7-24(8-10-25)12-14-3-1-2-4-17(14)19(21,22)23;3-1(4)2(5)6/h1-6,11,26H,7-10,12-13H2;(H,3,4)(H,5,6). The van der Waals surface area contributed by atoms with Crippen molar-refractivity contribution in [3.05, 3.63) is 63.6 Å². The fourth-order valence-corrected chi connectivity index (χ4v) is 3.61. The molecule has 0 saturated carbocycles. The highest BCUT2D eigenvalue weighted by Crippen LogP contribution is 2.32. The van der Waals surface area contributed by atoms with Crippen molar-refractivity contribution in [2.45, 2.75) is 19.3 Å². The zero-order chi connectivity index (χ0) is 23.9. The lowest BCUT2D eigenvalue weighted by molar-refractivity contribution is -0.159. The third kappa shape index (κ3) is 7.81. The average molecular weight is 519 g/mol. The van der Waals surface area contributed by atoms with Crippen LogP contribution >= 0.6 is 15.9 Å². The Morgan fingerprint density at radius 2 is 1.38 bits per heavy atom. The first-order chi connectivity index (χ1) is 15.0. The van der Waals surface area contributed by atoms with Gasteiger partial charge in [0.25, 0.3) is 0 Å². The Balaban J connectivity index is 0.000000534. The van der Waals surface area contributed by atoms with Gasteiger partial charge in [0.15, 0.2) is 0 Å². The second-order valence-corrected chi connectivity index (χ2v) is 8.01. The number of carboxylic acid groups (broad SMARTS) is 2. The Labute approximate surface area is 190 Å². The highest BCUT2D eigenvalue weighted by molar-refractivity contribution is 9.10. The predicted octanol–water partition coefficient (Wildman–Crippen LogP) is 3.65. The number of alkyl halides is 3. The van der Waals surface area contributed by atoms with Crippen LogP contribution in [0.15, 0.2) is 46.9 Å². The number of phenols is 1. The summed E-state index contributed by atoms with van der Waals surface area (Å²) in [6.07, 6.45) is -4.32. The van der Waals surface area contributed by atoms with Crippen molar-refractivity contribution >= 4 is 27.9 Å². The van der Waals surface area contributed by atoms with Gasteiger partial charge in [-0.2, -0.15) is 13.2 Å². The molecular formula is C21H22BrF3N2O5. The number of nitrogens with zero attached hydrogens (tertiary/aromatic N) is 2. The zero-order valence-corrected chi connectivity index (χ0v) is 18.4. The van der Waals surface area contributed by atoms with Gasteiger partial charge in [0.05, 0.1) is 5.56 Å². The summed E-state index contributed by atoms with van der Waals surface area (Å²) < 4.78 is 40.3. The average Bonchev–Trinajstić information content (AvgIpc) is 2.72. The summed E-state index contributed by atoms with van der Waals surface area (Å²) >= 11 is 3.40. The van der Waals surface area contributed by atoms with Crippen LogP contribution in [0.5, 0.6) is 5.75 Å². The van der Waals surface area contributed by atoms with Crippen molar-refractivity contribution in [1.29, 1.82) is 0 Å². The number of carboxylic acids is 2. The molecule has 0 aliphatic carbocycles. The van der Waals surface area contributed by atoms with Gasteiger partial charge >= 0.3 is 18.1 Å². The van der Waals surface area contributed by atoms with Crippen LogP contribution in [0, 0.1) is 0 Å². The van der Waals surface area contributed by atoms with E-state index < -0.39 is 23.7 Å². The molecule has 1 fully saturated rings. The van der Waals surface area contributed by atoms with Crippen LogP contribution in [0.4, 0.5) is 13.2 Å². The highest BCUT2D eigenvalue weighted by atomic mass is 79.9. The van der Waals surface area contributed by atoms with Crippen LogP contribution in [-0.2, 0) is 28.9 Å². The van der Waals surface area contributed by atoms with Gasteiger partial charge in [0, 0.05) is 49.3 Å². The molecule has 1 aliphatic rings. The monoisotopic (exact) mass is 518 g/mol. The maximum atomic E-state index is 13.1. The zero-order valence-electron chi connectivity index (χ0n) is 16.8. The number of rotatable bonds is 4. The Bertz CT molecular complexity index is 935. The van der Waals surface area contributed by atoms with Gasteiger partial charge in [-0.05, 0) is 29.8 Å². The van der Waals surface area contributed by atoms with E-state index in [-0.39, 0.29) is 5.75 Å². The van der Waals surface area contributed by atoms with Crippen molar-refractivity contribution in [2.24, 2.45) is 0 Å². The molecule has 0 spiro atoms. The van der Waals surface area contributed by atoms with E-state index in [0.717, 1.165) is 29.2 Å². The van der Waals surface area contributed by atoms with E-state index in [1.165, 1.54) is 6.07 Å². The van der Waals surface area contributed by atoms with Gasteiger partial charge in [-0.25, -0.2) is 9.59 Å². The molecule has 1 heterocycles. The van der Waals surface area contributed by atoms with Gasteiger partial charge in [0.1, 0.15) is 5.75 Å². The molecular weight excluding hydrogens is 497 g/mol. The minimum absolute atomic E-state index is 0.259. The number of aromatic hydroxyl groups is 1. The van der Waals surface area contributed by atoms with Crippen LogP contribution < -0.4 is 0 Å². The molecule has 2 aromatic carbocycles. The second kappa shape index (κ2) is 11.3. The van der Waals surface area contributed by atoms with Gasteiger partial charge in [-0.3, -0.25) is 9.80 Å². The van der Waals surface area contributed by atoms with Crippen molar-refractivity contribution in [1.82, 2.24) is 9.80 Å². The Morgan fingerprint density at radius 1 is 0.875 bits per heavy atom. The third-order valence-corrected chi connectivity index (χ3v) is 5.29. The van der Waals surface area contributed by atoms with E-state index in [2.05, 4.69) is 20.8 Å². The molecule has 174 valence electrons. The molecule has 1 aliphatic heterocycles. The summed E-state index contributed by atoms with van der Waals surface area (Å²) in [7, 11) is 0. The predicted molar refractivity (Wildman–Crippen MR) is 113 cm³/mol. The van der Waals surface area contributed by atoms with Crippen molar-refractivity contribution in [3.8, 4) is 5.75 Å². The summed E-state index contributed by atoms with van der Waals surface area (Å²) in [5, 5.41) is 24.7. The van der Waals surface area contributed by atoms with Gasteiger partial charge < -0.3 is 15.3 Å². The molecule has 0 unspecified atom stereocenters. The number of carbonyl (C=O) groups is 2. The maximum absolute atomic E-state index is 13.1. The molecule has 0 amide bonds. The summed E-state index contributed by atoms with van der Waals surface area (Å²) in [5.74, 6) is -3.39. The lowest BCUT2D eigenvalue weighted by Crippen LogP contribution is -2.45. The summed E-state index contributed by atoms with van der Waals surface area (Å²) in [5.41, 5.74) is 0.606. The largest absolute Gasteiger partial charge is 0.508 e. The van der Waals surface area contributed by atoms with Crippen LogP contribution in [0.25, 0.3) is 0 Å². The van der Waals surface area contributed by atoms with Crippen molar-refractivity contribution in [2.75, 3.05) is 26.2 Å². The lowest BCUT2D eigenvalue weighted by Gasteiger charge is -2.35. The third-order valence-electron chi connectivity index (χ3n) is 4.80. The smallest absolute Gasteiger partial charge is 0.416 e. The van der Waals surface area contributed by atoms with E-state index in [0.29, 0.717) is 31.7 Å². The molecule has 0 aromatic heterocycles. The second-order valence-electron chi connectivity index (χ2n) is 7.09. The molecule has 11 heteroatoms. The fourth-order valence-electron chi connectivity index (χ4n) is 3.20. The van der Waals surface area contributed by atoms with Crippen LogP contribution in [0.2, 0.25) is 0 Å². The lowest BCUT2D eigenvalue weighted by atomic mass is 10.1. The first-order valence-corrected chi connectivity index (χ1v) is 10.3. The number of aliphatic carboxylic acids is 2. The Hall–Kier alpha value is -2.63. The fraction of sp³-hybridized carbons (Fsp3) is 0.333. The van der Waals surface area contributed by atoms with E-state index in [1.807, 2.05) is 11.0 Å². The molecule has 0 atom stereocenters. The van der Waals surface area contributed by atoms with Crippen LogP contribution in [-0.4, -0.2) is 63.2 Å². The minimum Gasteiger partial charge on any atom is -0.508 e. The molecule has 2 aromatic rings. The molecule has 3 rings (SSSR count). The summed E-state index contributed by atoms with van der Waals surface area (Å²) in [6, 6.07) is 11.1. The van der Waals surface area contributed by atoms with E-state index in [4.69, 9.17) is 19.8 Å². The number of halogens is 4. The molecule has 32 heavy (non-hydrogen) atoms.